The first kappa shape index (κ1) is 17.0. The molecule has 1 heterocycles. The van der Waals surface area contributed by atoms with Gasteiger partial charge in [0.05, 0.1) is 5.56 Å². The standard InChI is InChI=1S/C19H24N2O2/c1-3-8-17(4-2)21-19(22)16-11-12-18(20-13-16)23-14-15-9-6-5-7-10-15/h5-7,9-13,17H,3-4,8,14H2,1-2H3,(H,21,22). The number of hydrogen-bond acceptors (Lipinski definition) is 3. The molecule has 1 unspecified atom stereocenters. The smallest absolute Gasteiger partial charge is 0.253 e. The van der Waals surface area contributed by atoms with Crippen molar-refractivity contribution in [2.24, 2.45) is 0 Å². The summed E-state index contributed by atoms with van der Waals surface area (Å²) in [6, 6.07) is 13.6. The highest BCUT2D eigenvalue weighted by atomic mass is 16.5. The van der Waals surface area contributed by atoms with E-state index in [0.717, 1.165) is 24.8 Å². The lowest BCUT2D eigenvalue weighted by Gasteiger charge is -2.16. The number of carbonyl (C=O) groups is 1. The Hall–Kier alpha value is -2.36. The summed E-state index contributed by atoms with van der Waals surface area (Å²) in [6.07, 6.45) is 4.55. The van der Waals surface area contributed by atoms with E-state index in [0.29, 0.717) is 18.1 Å². The van der Waals surface area contributed by atoms with E-state index in [1.807, 2.05) is 30.3 Å². The third-order valence-electron chi connectivity index (χ3n) is 3.69. The molecule has 1 aromatic heterocycles. The van der Waals surface area contributed by atoms with Gasteiger partial charge < -0.3 is 10.1 Å². The SMILES string of the molecule is CCCC(CC)NC(=O)c1ccc(OCc2ccccc2)nc1. The summed E-state index contributed by atoms with van der Waals surface area (Å²) in [5.41, 5.74) is 1.65. The number of nitrogens with one attached hydrogen (secondary N) is 1. The van der Waals surface area contributed by atoms with Crippen LogP contribution in [0.4, 0.5) is 0 Å². The van der Waals surface area contributed by atoms with Gasteiger partial charge >= 0.3 is 0 Å². The normalized spacial score (nSPS) is 11.7. The zero-order valence-electron chi connectivity index (χ0n) is 13.8. The fourth-order valence-electron chi connectivity index (χ4n) is 2.33. The molecule has 1 amide bonds. The van der Waals surface area contributed by atoms with Crippen molar-refractivity contribution in [1.82, 2.24) is 10.3 Å². The molecule has 1 atom stereocenters. The summed E-state index contributed by atoms with van der Waals surface area (Å²) in [5.74, 6) is 0.443. The van der Waals surface area contributed by atoms with Crippen LogP contribution >= 0.6 is 0 Å². The second kappa shape index (κ2) is 8.93. The average molecular weight is 312 g/mol. The van der Waals surface area contributed by atoms with Crippen LogP contribution in [-0.4, -0.2) is 16.9 Å². The summed E-state index contributed by atoms with van der Waals surface area (Å²) < 4.78 is 5.62. The lowest BCUT2D eigenvalue weighted by atomic mass is 10.1. The Bertz CT molecular complexity index is 597. The number of aromatic nitrogens is 1. The second-order valence-corrected chi connectivity index (χ2v) is 5.53. The van der Waals surface area contributed by atoms with Crippen LogP contribution in [-0.2, 0) is 6.61 Å². The average Bonchev–Trinajstić information content (AvgIpc) is 2.60. The van der Waals surface area contributed by atoms with E-state index in [9.17, 15) is 4.79 Å². The number of rotatable bonds is 8. The first-order valence-corrected chi connectivity index (χ1v) is 8.16. The number of amides is 1. The molecule has 0 aliphatic rings. The van der Waals surface area contributed by atoms with Crippen molar-refractivity contribution in [3.05, 3.63) is 59.8 Å². The van der Waals surface area contributed by atoms with Gasteiger partial charge in [-0.1, -0.05) is 50.6 Å². The molecule has 0 spiro atoms. The molecule has 0 saturated heterocycles. The van der Waals surface area contributed by atoms with Crippen LogP contribution in [0.15, 0.2) is 48.7 Å². The lowest BCUT2D eigenvalue weighted by Crippen LogP contribution is -2.34. The zero-order chi connectivity index (χ0) is 16.5. The maximum absolute atomic E-state index is 12.2. The van der Waals surface area contributed by atoms with Crippen molar-refractivity contribution in [1.29, 1.82) is 0 Å². The number of carbonyl (C=O) groups excluding carboxylic acids is 1. The van der Waals surface area contributed by atoms with E-state index in [1.54, 1.807) is 18.3 Å². The summed E-state index contributed by atoms with van der Waals surface area (Å²) >= 11 is 0. The first-order chi connectivity index (χ1) is 11.2. The molecule has 4 nitrogen and oxygen atoms in total. The molecule has 122 valence electrons. The Balaban J connectivity index is 1.89. The summed E-state index contributed by atoms with van der Waals surface area (Å²) in [4.78, 5) is 16.4. The quantitative estimate of drug-likeness (QED) is 0.802. The van der Waals surface area contributed by atoms with Gasteiger partial charge in [-0.15, -0.1) is 0 Å². The molecule has 2 aromatic rings. The van der Waals surface area contributed by atoms with Gasteiger partial charge in [-0.25, -0.2) is 4.98 Å². The fourth-order valence-corrected chi connectivity index (χ4v) is 2.33. The number of hydrogen-bond donors (Lipinski definition) is 1. The molecule has 0 bridgehead atoms. The van der Waals surface area contributed by atoms with Gasteiger partial charge in [0, 0.05) is 18.3 Å². The van der Waals surface area contributed by atoms with E-state index in [4.69, 9.17) is 4.74 Å². The molecular formula is C19H24N2O2. The second-order valence-electron chi connectivity index (χ2n) is 5.53. The van der Waals surface area contributed by atoms with Gasteiger partial charge in [0.1, 0.15) is 6.61 Å². The Morgan fingerprint density at radius 3 is 2.57 bits per heavy atom. The molecule has 0 aliphatic heterocycles. The highest BCUT2D eigenvalue weighted by molar-refractivity contribution is 5.94. The van der Waals surface area contributed by atoms with Crippen molar-refractivity contribution >= 4 is 5.91 Å². The Labute approximate surface area is 137 Å². The van der Waals surface area contributed by atoms with E-state index >= 15 is 0 Å². The van der Waals surface area contributed by atoms with Crippen molar-refractivity contribution in [2.45, 2.75) is 45.8 Å². The molecular weight excluding hydrogens is 288 g/mol. The topological polar surface area (TPSA) is 51.2 Å². The number of ether oxygens (including phenoxy) is 1. The van der Waals surface area contributed by atoms with E-state index in [1.165, 1.54) is 0 Å². The monoisotopic (exact) mass is 312 g/mol. The third kappa shape index (κ3) is 5.40. The van der Waals surface area contributed by atoms with Crippen molar-refractivity contribution in [3.8, 4) is 5.88 Å². The van der Waals surface area contributed by atoms with Gasteiger partial charge in [0.2, 0.25) is 5.88 Å². The summed E-state index contributed by atoms with van der Waals surface area (Å²) in [7, 11) is 0. The Morgan fingerprint density at radius 2 is 1.96 bits per heavy atom. The molecule has 2 rings (SSSR count). The van der Waals surface area contributed by atoms with Crippen LogP contribution in [0, 0.1) is 0 Å². The molecule has 0 saturated carbocycles. The van der Waals surface area contributed by atoms with Gasteiger partial charge in [-0.3, -0.25) is 4.79 Å². The highest BCUT2D eigenvalue weighted by Gasteiger charge is 2.12. The van der Waals surface area contributed by atoms with Gasteiger partial charge in [0.25, 0.3) is 5.91 Å². The van der Waals surface area contributed by atoms with Crippen molar-refractivity contribution in [2.75, 3.05) is 0 Å². The first-order valence-electron chi connectivity index (χ1n) is 8.16. The van der Waals surface area contributed by atoms with E-state index < -0.39 is 0 Å². The van der Waals surface area contributed by atoms with E-state index in [-0.39, 0.29) is 11.9 Å². The van der Waals surface area contributed by atoms with Crippen LogP contribution in [0.1, 0.15) is 49.0 Å². The van der Waals surface area contributed by atoms with E-state index in [2.05, 4.69) is 24.1 Å². The Morgan fingerprint density at radius 1 is 1.17 bits per heavy atom. The van der Waals surface area contributed by atoms with Crippen LogP contribution in [0.3, 0.4) is 0 Å². The largest absolute Gasteiger partial charge is 0.473 e. The van der Waals surface area contributed by atoms with Gasteiger partial charge in [-0.05, 0) is 24.5 Å². The molecule has 0 radical (unpaired) electrons. The third-order valence-corrected chi connectivity index (χ3v) is 3.69. The maximum Gasteiger partial charge on any atom is 0.253 e. The van der Waals surface area contributed by atoms with Crippen LogP contribution < -0.4 is 10.1 Å². The van der Waals surface area contributed by atoms with Crippen LogP contribution in [0.2, 0.25) is 0 Å². The molecule has 0 aliphatic carbocycles. The van der Waals surface area contributed by atoms with Crippen molar-refractivity contribution in [3.63, 3.8) is 0 Å². The Kier molecular flexibility index (Phi) is 6.60. The predicted octanol–water partition coefficient (Wildman–Crippen LogP) is 3.97. The van der Waals surface area contributed by atoms with Gasteiger partial charge in [0.15, 0.2) is 0 Å². The number of nitrogens with zero attached hydrogens (tertiary/aromatic N) is 1. The fraction of sp³-hybridized carbons (Fsp3) is 0.368. The highest BCUT2D eigenvalue weighted by Crippen LogP contribution is 2.11. The minimum atomic E-state index is -0.0765. The summed E-state index contributed by atoms with van der Waals surface area (Å²) in [5, 5.41) is 3.04. The zero-order valence-corrected chi connectivity index (χ0v) is 13.8. The minimum absolute atomic E-state index is 0.0765. The van der Waals surface area contributed by atoms with Crippen molar-refractivity contribution < 1.29 is 9.53 Å². The lowest BCUT2D eigenvalue weighted by molar-refractivity contribution is 0.0933. The summed E-state index contributed by atoms with van der Waals surface area (Å²) in [6.45, 7) is 4.67. The molecule has 1 N–H and O–H groups in total. The van der Waals surface area contributed by atoms with Gasteiger partial charge in [-0.2, -0.15) is 0 Å². The molecule has 4 heteroatoms. The van der Waals surface area contributed by atoms with Crippen LogP contribution in [0.5, 0.6) is 5.88 Å². The maximum atomic E-state index is 12.2. The number of benzene rings is 1. The number of pyridine rings is 1. The minimum Gasteiger partial charge on any atom is -0.473 e. The molecule has 0 fully saturated rings. The van der Waals surface area contributed by atoms with Crippen LogP contribution in [0.25, 0.3) is 0 Å². The molecule has 23 heavy (non-hydrogen) atoms. The predicted molar refractivity (Wildman–Crippen MR) is 91.5 cm³/mol. The molecule has 1 aromatic carbocycles.